The fourth-order valence-corrected chi connectivity index (χ4v) is 1.94. The van der Waals surface area contributed by atoms with Gasteiger partial charge in [0.1, 0.15) is 5.75 Å². The van der Waals surface area contributed by atoms with Crippen LogP contribution < -0.4 is 5.32 Å². The number of aromatic hydroxyl groups is 1. The predicted molar refractivity (Wildman–Crippen MR) is 76.5 cm³/mol. The molecule has 0 atom stereocenters. The minimum Gasteiger partial charge on any atom is -0.508 e. The molecule has 2 aromatic rings. The predicted octanol–water partition coefficient (Wildman–Crippen LogP) is 3.62. The minimum absolute atomic E-state index is 0.0762. The van der Waals surface area contributed by atoms with Crippen molar-refractivity contribution in [2.45, 2.75) is 12.8 Å². The highest BCUT2D eigenvalue weighted by Gasteiger charge is 2.06. The molecule has 4 heteroatoms. The maximum Gasteiger partial charge on any atom is 0.224 e. The van der Waals surface area contributed by atoms with Crippen molar-refractivity contribution in [3.8, 4) is 5.75 Å². The van der Waals surface area contributed by atoms with E-state index in [1.165, 1.54) is 12.1 Å². The lowest BCUT2D eigenvalue weighted by molar-refractivity contribution is -0.116. The number of amides is 1. The average Bonchev–Trinajstić information content (AvgIpc) is 2.41. The number of phenolic OH excluding ortho intramolecular Hbond substituents is 1. The van der Waals surface area contributed by atoms with Crippen molar-refractivity contribution in [1.29, 1.82) is 0 Å². The average molecular weight is 276 g/mol. The lowest BCUT2D eigenvalue weighted by Gasteiger charge is -2.07. The molecule has 0 aliphatic carbocycles. The number of phenols is 1. The molecule has 0 aromatic heterocycles. The third kappa shape index (κ3) is 4.00. The Morgan fingerprint density at radius 3 is 2.58 bits per heavy atom. The summed E-state index contributed by atoms with van der Waals surface area (Å²) in [6.07, 6.45) is 1.07. The molecule has 0 radical (unpaired) electrons. The van der Waals surface area contributed by atoms with Crippen LogP contribution in [0.1, 0.15) is 12.0 Å². The molecule has 2 rings (SSSR count). The normalized spacial score (nSPS) is 10.2. The van der Waals surface area contributed by atoms with Gasteiger partial charge in [0.05, 0.1) is 10.7 Å². The van der Waals surface area contributed by atoms with E-state index < -0.39 is 0 Å². The Labute approximate surface area is 116 Å². The van der Waals surface area contributed by atoms with E-state index in [-0.39, 0.29) is 11.7 Å². The molecular formula is C15H14ClNO2. The molecule has 2 N–H and O–H groups in total. The SMILES string of the molecule is O=C(CCc1ccccc1)Nc1ccc(O)cc1Cl. The summed E-state index contributed by atoms with van der Waals surface area (Å²) in [6.45, 7) is 0. The number of hydrogen-bond acceptors (Lipinski definition) is 2. The third-order valence-electron chi connectivity index (χ3n) is 2.71. The molecule has 0 bridgehead atoms. The van der Waals surface area contributed by atoms with Crippen LogP contribution in [-0.2, 0) is 11.2 Å². The molecule has 0 spiro atoms. The first-order chi connectivity index (χ1) is 9.15. The molecule has 3 nitrogen and oxygen atoms in total. The highest BCUT2D eigenvalue weighted by molar-refractivity contribution is 6.33. The molecule has 2 aromatic carbocycles. The fraction of sp³-hybridized carbons (Fsp3) is 0.133. The summed E-state index contributed by atoms with van der Waals surface area (Å²) in [5.41, 5.74) is 1.63. The van der Waals surface area contributed by atoms with Crippen LogP contribution in [0, 0.1) is 0 Å². The van der Waals surface area contributed by atoms with Crippen molar-refractivity contribution in [2.75, 3.05) is 5.32 Å². The van der Waals surface area contributed by atoms with E-state index in [9.17, 15) is 9.90 Å². The maximum absolute atomic E-state index is 11.8. The second-order valence-electron chi connectivity index (χ2n) is 4.20. The van der Waals surface area contributed by atoms with Gasteiger partial charge in [0.2, 0.25) is 5.91 Å². The van der Waals surface area contributed by atoms with Crippen LogP contribution in [0.3, 0.4) is 0 Å². The van der Waals surface area contributed by atoms with Crippen LogP contribution >= 0.6 is 11.6 Å². The monoisotopic (exact) mass is 275 g/mol. The van der Waals surface area contributed by atoms with E-state index in [0.717, 1.165) is 5.56 Å². The zero-order valence-electron chi connectivity index (χ0n) is 10.3. The highest BCUT2D eigenvalue weighted by Crippen LogP contribution is 2.26. The molecule has 98 valence electrons. The number of hydrogen-bond donors (Lipinski definition) is 2. The molecule has 0 fully saturated rings. The van der Waals surface area contributed by atoms with Gasteiger partial charge in [-0.25, -0.2) is 0 Å². The Bertz CT molecular complexity index is 570. The van der Waals surface area contributed by atoms with Gasteiger partial charge >= 0.3 is 0 Å². The number of benzene rings is 2. The van der Waals surface area contributed by atoms with Gasteiger partial charge in [0.25, 0.3) is 0 Å². The Morgan fingerprint density at radius 1 is 1.16 bits per heavy atom. The van der Waals surface area contributed by atoms with Crippen molar-refractivity contribution >= 4 is 23.2 Å². The van der Waals surface area contributed by atoms with Crippen molar-refractivity contribution in [3.63, 3.8) is 0 Å². The van der Waals surface area contributed by atoms with Gasteiger partial charge in [0.15, 0.2) is 0 Å². The zero-order valence-corrected chi connectivity index (χ0v) is 11.0. The number of halogens is 1. The smallest absolute Gasteiger partial charge is 0.224 e. The first-order valence-corrected chi connectivity index (χ1v) is 6.35. The highest BCUT2D eigenvalue weighted by atomic mass is 35.5. The first-order valence-electron chi connectivity index (χ1n) is 5.97. The van der Waals surface area contributed by atoms with E-state index in [4.69, 9.17) is 11.6 Å². The number of anilines is 1. The van der Waals surface area contributed by atoms with Crippen LogP contribution in [0.4, 0.5) is 5.69 Å². The summed E-state index contributed by atoms with van der Waals surface area (Å²) in [7, 11) is 0. The summed E-state index contributed by atoms with van der Waals surface area (Å²) >= 11 is 5.92. The summed E-state index contributed by atoms with van der Waals surface area (Å²) in [5, 5.41) is 12.3. The third-order valence-corrected chi connectivity index (χ3v) is 3.02. The number of aryl methyl sites for hydroxylation is 1. The van der Waals surface area contributed by atoms with Crippen LogP contribution in [-0.4, -0.2) is 11.0 Å². The molecule has 0 saturated heterocycles. The van der Waals surface area contributed by atoms with Crippen molar-refractivity contribution < 1.29 is 9.90 Å². The van der Waals surface area contributed by atoms with Gasteiger partial charge in [0, 0.05) is 12.5 Å². The molecule has 0 saturated carbocycles. The second kappa shape index (κ2) is 6.25. The molecule has 0 heterocycles. The van der Waals surface area contributed by atoms with E-state index in [1.54, 1.807) is 6.07 Å². The van der Waals surface area contributed by atoms with Crippen LogP contribution in [0.15, 0.2) is 48.5 Å². The lowest BCUT2D eigenvalue weighted by Crippen LogP contribution is -2.12. The quantitative estimate of drug-likeness (QED) is 0.838. The number of nitrogens with one attached hydrogen (secondary N) is 1. The van der Waals surface area contributed by atoms with E-state index in [2.05, 4.69) is 5.32 Å². The summed E-state index contributed by atoms with van der Waals surface area (Å²) < 4.78 is 0. The topological polar surface area (TPSA) is 49.3 Å². The van der Waals surface area contributed by atoms with Gasteiger partial charge in [-0.2, -0.15) is 0 Å². The maximum atomic E-state index is 11.8. The van der Waals surface area contributed by atoms with Gasteiger partial charge in [-0.15, -0.1) is 0 Å². The lowest BCUT2D eigenvalue weighted by atomic mass is 10.1. The second-order valence-corrected chi connectivity index (χ2v) is 4.61. The van der Waals surface area contributed by atoms with Gasteiger partial charge in [-0.3, -0.25) is 4.79 Å². The van der Waals surface area contributed by atoms with Crippen LogP contribution in [0.2, 0.25) is 5.02 Å². The van der Waals surface area contributed by atoms with Gasteiger partial charge < -0.3 is 10.4 Å². The van der Waals surface area contributed by atoms with Crippen LogP contribution in [0.5, 0.6) is 5.75 Å². The zero-order chi connectivity index (χ0) is 13.7. The Balaban J connectivity index is 1.91. The molecule has 0 aliphatic rings. The fourth-order valence-electron chi connectivity index (χ4n) is 1.72. The largest absolute Gasteiger partial charge is 0.508 e. The van der Waals surface area contributed by atoms with Gasteiger partial charge in [-0.1, -0.05) is 41.9 Å². The number of rotatable bonds is 4. The Kier molecular flexibility index (Phi) is 4.42. The summed E-state index contributed by atoms with van der Waals surface area (Å²) in [4.78, 5) is 11.8. The summed E-state index contributed by atoms with van der Waals surface area (Å²) in [5.74, 6) is -0.0243. The molecule has 0 aliphatic heterocycles. The molecule has 19 heavy (non-hydrogen) atoms. The molecule has 0 unspecified atom stereocenters. The van der Waals surface area contributed by atoms with Crippen molar-refractivity contribution in [3.05, 3.63) is 59.1 Å². The number of carbonyl (C=O) groups excluding carboxylic acids is 1. The minimum atomic E-state index is -0.101. The van der Waals surface area contributed by atoms with Crippen LogP contribution in [0.25, 0.3) is 0 Å². The van der Waals surface area contributed by atoms with E-state index >= 15 is 0 Å². The molecule has 1 amide bonds. The standard InChI is InChI=1S/C15H14ClNO2/c16-13-10-12(18)7-8-14(13)17-15(19)9-6-11-4-2-1-3-5-11/h1-5,7-8,10,18H,6,9H2,(H,17,19). The van der Waals surface area contributed by atoms with Crippen molar-refractivity contribution in [1.82, 2.24) is 0 Å². The van der Waals surface area contributed by atoms with E-state index in [0.29, 0.717) is 23.6 Å². The molecular weight excluding hydrogens is 262 g/mol. The summed E-state index contributed by atoms with van der Waals surface area (Å²) in [6, 6.07) is 14.3. The Morgan fingerprint density at radius 2 is 1.89 bits per heavy atom. The Hall–Kier alpha value is -2.00. The van der Waals surface area contributed by atoms with Gasteiger partial charge in [-0.05, 0) is 24.1 Å². The first kappa shape index (κ1) is 13.4. The van der Waals surface area contributed by atoms with E-state index in [1.807, 2.05) is 30.3 Å². The number of carbonyl (C=O) groups is 1. The van der Waals surface area contributed by atoms with Crippen molar-refractivity contribution in [2.24, 2.45) is 0 Å².